The number of rotatable bonds is 5. The van der Waals surface area contributed by atoms with Gasteiger partial charge in [-0.15, -0.1) is 0 Å². The third kappa shape index (κ3) is 2.85. The minimum absolute atomic E-state index is 0.238. The van der Waals surface area contributed by atoms with E-state index in [0.29, 0.717) is 23.7 Å². The summed E-state index contributed by atoms with van der Waals surface area (Å²) in [5.41, 5.74) is 0.672. The molecule has 2 heterocycles. The van der Waals surface area contributed by atoms with Gasteiger partial charge in [-0.25, -0.2) is 4.79 Å². The van der Waals surface area contributed by atoms with Crippen LogP contribution in [0.1, 0.15) is 18.6 Å². The van der Waals surface area contributed by atoms with Crippen molar-refractivity contribution in [1.82, 2.24) is 18.7 Å². The minimum atomic E-state index is -0.710. The van der Waals surface area contributed by atoms with Crippen molar-refractivity contribution in [3.05, 3.63) is 56.7 Å². The molecule has 0 bridgehead atoms. The minimum Gasteiger partial charge on any atom is -0.387 e. The number of benzene rings is 1. The number of hydrogen-bond donors (Lipinski definition) is 2. The maximum atomic E-state index is 12.5. The van der Waals surface area contributed by atoms with Gasteiger partial charge in [0.05, 0.1) is 6.10 Å². The molecule has 0 saturated heterocycles. The number of anilines is 1. The van der Waals surface area contributed by atoms with Crippen molar-refractivity contribution in [2.75, 3.05) is 11.9 Å². The second-order valence-corrected chi connectivity index (χ2v) is 5.87. The Morgan fingerprint density at radius 1 is 1.16 bits per heavy atom. The molecule has 2 N–H and O–H groups in total. The molecule has 1 aromatic carbocycles. The zero-order valence-electron chi connectivity index (χ0n) is 14.4. The predicted molar refractivity (Wildman–Crippen MR) is 95.8 cm³/mol. The van der Waals surface area contributed by atoms with Gasteiger partial charge in [-0.05, 0) is 12.5 Å². The molecule has 0 aliphatic rings. The van der Waals surface area contributed by atoms with E-state index in [-0.39, 0.29) is 12.1 Å². The fourth-order valence-corrected chi connectivity index (χ4v) is 2.87. The van der Waals surface area contributed by atoms with Crippen molar-refractivity contribution in [2.45, 2.75) is 19.6 Å². The molecular weight excluding hydrogens is 322 g/mol. The lowest BCUT2D eigenvalue weighted by Crippen LogP contribution is -2.37. The largest absolute Gasteiger partial charge is 0.387 e. The standard InChI is InChI=1S/C17H21N5O3/c1-4-22-13-14(20(2)17(25)21(3)15(13)24)19-16(22)18-10-12(23)11-8-6-5-7-9-11/h5-9,12,23H,4,10H2,1-3H3,(H,18,19). The molecule has 8 heteroatoms. The summed E-state index contributed by atoms with van der Waals surface area (Å²) in [6.07, 6.45) is -0.710. The monoisotopic (exact) mass is 343 g/mol. The number of aryl methyl sites for hydroxylation is 2. The van der Waals surface area contributed by atoms with Crippen molar-refractivity contribution in [3.8, 4) is 0 Å². The maximum absolute atomic E-state index is 12.5. The first-order chi connectivity index (χ1) is 12.0. The molecule has 8 nitrogen and oxygen atoms in total. The molecule has 0 radical (unpaired) electrons. The van der Waals surface area contributed by atoms with E-state index in [9.17, 15) is 14.7 Å². The third-order valence-electron chi connectivity index (χ3n) is 4.30. The molecule has 0 amide bonds. The summed E-state index contributed by atoms with van der Waals surface area (Å²) in [4.78, 5) is 28.9. The van der Waals surface area contributed by atoms with Crippen LogP contribution in [0.5, 0.6) is 0 Å². The van der Waals surface area contributed by atoms with Crippen LogP contribution in [0.3, 0.4) is 0 Å². The quantitative estimate of drug-likeness (QED) is 0.707. The van der Waals surface area contributed by atoms with Gasteiger partial charge in [0.15, 0.2) is 11.2 Å². The molecule has 3 rings (SSSR count). The number of hydrogen-bond acceptors (Lipinski definition) is 5. The molecule has 1 atom stereocenters. The summed E-state index contributed by atoms with van der Waals surface area (Å²) in [5, 5.41) is 13.4. The second kappa shape index (κ2) is 6.56. The highest BCUT2D eigenvalue weighted by Gasteiger charge is 2.18. The summed E-state index contributed by atoms with van der Waals surface area (Å²) >= 11 is 0. The number of aromatic nitrogens is 4. The van der Waals surface area contributed by atoms with E-state index in [2.05, 4.69) is 10.3 Å². The molecule has 0 aliphatic heterocycles. The van der Waals surface area contributed by atoms with Gasteiger partial charge in [-0.2, -0.15) is 4.98 Å². The van der Waals surface area contributed by atoms with Gasteiger partial charge in [-0.3, -0.25) is 13.9 Å². The van der Waals surface area contributed by atoms with Gasteiger partial charge in [0.1, 0.15) is 0 Å². The molecule has 0 fully saturated rings. The van der Waals surface area contributed by atoms with Crippen LogP contribution in [0.15, 0.2) is 39.9 Å². The topological polar surface area (TPSA) is 94.1 Å². The van der Waals surface area contributed by atoms with E-state index in [1.54, 1.807) is 11.6 Å². The normalized spacial score (nSPS) is 12.5. The number of nitrogens with one attached hydrogen (secondary N) is 1. The van der Waals surface area contributed by atoms with E-state index < -0.39 is 11.8 Å². The van der Waals surface area contributed by atoms with Crippen molar-refractivity contribution >= 4 is 17.1 Å². The van der Waals surface area contributed by atoms with Crippen LogP contribution >= 0.6 is 0 Å². The fraction of sp³-hybridized carbons (Fsp3) is 0.353. The van der Waals surface area contributed by atoms with Crippen molar-refractivity contribution in [3.63, 3.8) is 0 Å². The first-order valence-electron chi connectivity index (χ1n) is 8.08. The Balaban J connectivity index is 2.00. The number of imidazole rings is 1. The Morgan fingerprint density at radius 2 is 1.84 bits per heavy atom. The number of fused-ring (bicyclic) bond motifs is 1. The van der Waals surface area contributed by atoms with Gasteiger partial charge < -0.3 is 15.0 Å². The molecule has 1 unspecified atom stereocenters. The Bertz CT molecular complexity index is 1020. The highest BCUT2D eigenvalue weighted by Crippen LogP contribution is 2.17. The van der Waals surface area contributed by atoms with Crippen LogP contribution in [0, 0.1) is 0 Å². The molecule has 0 spiro atoms. The lowest BCUT2D eigenvalue weighted by atomic mass is 10.1. The van der Waals surface area contributed by atoms with Crippen LogP contribution in [0.25, 0.3) is 11.2 Å². The Labute approximate surface area is 144 Å². The van der Waals surface area contributed by atoms with Crippen molar-refractivity contribution in [1.29, 1.82) is 0 Å². The second-order valence-electron chi connectivity index (χ2n) is 5.87. The Morgan fingerprint density at radius 3 is 2.48 bits per heavy atom. The summed E-state index contributed by atoms with van der Waals surface area (Å²) in [6, 6.07) is 9.29. The maximum Gasteiger partial charge on any atom is 0.332 e. The zero-order valence-corrected chi connectivity index (χ0v) is 14.4. The smallest absolute Gasteiger partial charge is 0.332 e. The summed E-state index contributed by atoms with van der Waals surface area (Å²) in [5.74, 6) is 0.450. The van der Waals surface area contributed by atoms with Crippen molar-refractivity contribution in [2.24, 2.45) is 14.1 Å². The molecule has 3 aromatic rings. The molecule has 132 valence electrons. The number of aliphatic hydroxyl groups excluding tert-OH is 1. The average molecular weight is 343 g/mol. The molecule has 0 saturated carbocycles. The van der Waals surface area contributed by atoms with E-state index in [4.69, 9.17) is 0 Å². The number of nitrogens with zero attached hydrogens (tertiary/aromatic N) is 4. The van der Waals surface area contributed by atoms with E-state index in [1.165, 1.54) is 11.6 Å². The van der Waals surface area contributed by atoms with Gasteiger partial charge >= 0.3 is 5.69 Å². The zero-order chi connectivity index (χ0) is 18.1. The SMILES string of the molecule is CCn1c(NCC(O)c2ccccc2)nc2c1c(=O)n(C)c(=O)n2C. The first kappa shape index (κ1) is 17.0. The van der Waals surface area contributed by atoms with E-state index in [1.807, 2.05) is 37.3 Å². The third-order valence-corrected chi connectivity index (χ3v) is 4.30. The van der Waals surface area contributed by atoms with Crippen LogP contribution < -0.4 is 16.6 Å². The van der Waals surface area contributed by atoms with Gasteiger partial charge in [0.25, 0.3) is 5.56 Å². The lowest BCUT2D eigenvalue weighted by molar-refractivity contribution is 0.191. The summed E-state index contributed by atoms with van der Waals surface area (Å²) < 4.78 is 4.13. The Hall–Kier alpha value is -2.87. The van der Waals surface area contributed by atoms with E-state index in [0.717, 1.165) is 10.1 Å². The van der Waals surface area contributed by atoms with Gasteiger partial charge in [0, 0.05) is 27.2 Å². The van der Waals surface area contributed by atoms with Crippen LogP contribution in [-0.2, 0) is 20.6 Å². The molecular formula is C17H21N5O3. The highest BCUT2D eigenvalue weighted by atomic mass is 16.3. The fourth-order valence-electron chi connectivity index (χ4n) is 2.87. The lowest BCUT2D eigenvalue weighted by Gasteiger charge is -2.13. The predicted octanol–water partition coefficient (Wildman–Crippen LogP) is 0.599. The summed E-state index contributed by atoms with van der Waals surface area (Å²) in [7, 11) is 3.03. The first-order valence-corrected chi connectivity index (χ1v) is 8.08. The average Bonchev–Trinajstić information content (AvgIpc) is 3.02. The van der Waals surface area contributed by atoms with Crippen LogP contribution in [-0.4, -0.2) is 30.3 Å². The van der Waals surface area contributed by atoms with E-state index >= 15 is 0 Å². The van der Waals surface area contributed by atoms with Crippen molar-refractivity contribution < 1.29 is 5.11 Å². The van der Waals surface area contributed by atoms with Crippen LogP contribution in [0.4, 0.5) is 5.95 Å². The molecule has 0 aliphatic carbocycles. The van der Waals surface area contributed by atoms with Gasteiger partial charge in [0.2, 0.25) is 5.95 Å². The number of aliphatic hydroxyl groups is 1. The van der Waals surface area contributed by atoms with Gasteiger partial charge in [-0.1, -0.05) is 30.3 Å². The summed E-state index contributed by atoms with van der Waals surface area (Å²) in [6.45, 7) is 2.64. The molecule has 25 heavy (non-hydrogen) atoms. The van der Waals surface area contributed by atoms with Crippen LogP contribution in [0.2, 0.25) is 0 Å². The molecule has 2 aromatic heterocycles. The highest BCUT2D eigenvalue weighted by molar-refractivity contribution is 5.74. The Kier molecular flexibility index (Phi) is 4.45.